The van der Waals surface area contributed by atoms with Crippen LogP contribution in [0.4, 0.5) is 11.4 Å². The lowest BCUT2D eigenvalue weighted by Gasteiger charge is -2.26. The summed E-state index contributed by atoms with van der Waals surface area (Å²) < 4.78 is 1.02. The predicted octanol–water partition coefficient (Wildman–Crippen LogP) is 4.37. The van der Waals surface area contributed by atoms with Gasteiger partial charge >= 0.3 is 0 Å². The van der Waals surface area contributed by atoms with E-state index < -0.39 is 0 Å². The monoisotopic (exact) mass is 298 g/mol. The molecule has 3 heteroatoms. The maximum absolute atomic E-state index is 5.97. The number of nitrogen functional groups attached to an aromatic ring is 1. The quantitative estimate of drug-likeness (QED) is 0.792. The standard InChI is InChI=1S/C14H23BrN2/c1-9(2)12(10(3)4)8-17-14-6-5-11(15)7-13(14)16/h5-7,9-10,12,17H,8,16H2,1-4H3. The largest absolute Gasteiger partial charge is 0.397 e. The Balaban J connectivity index is 2.65. The molecule has 0 aliphatic carbocycles. The molecule has 0 saturated carbocycles. The van der Waals surface area contributed by atoms with E-state index in [0.29, 0.717) is 17.8 Å². The second-order valence-corrected chi connectivity index (χ2v) is 6.18. The summed E-state index contributed by atoms with van der Waals surface area (Å²) in [5.41, 5.74) is 7.79. The van der Waals surface area contributed by atoms with E-state index in [1.807, 2.05) is 18.2 Å². The average Bonchev–Trinajstić information content (AvgIpc) is 2.20. The molecule has 0 aliphatic rings. The molecule has 2 nitrogen and oxygen atoms in total. The summed E-state index contributed by atoms with van der Waals surface area (Å²) in [5, 5.41) is 3.46. The summed E-state index contributed by atoms with van der Waals surface area (Å²) in [5.74, 6) is 2.02. The fourth-order valence-corrected chi connectivity index (χ4v) is 2.54. The molecule has 0 fully saturated rings. The third-order valence-electron chi connectivity index (χ3n) is 3.25. The van der Waals surface area contributed by atoms with Gasteiger partial charge in [-0.3, -0.25) is 0 Å². The summed E-state index contributed by atoms with van der Waals surface area (Å²) in [4.78, 5) is 0. The van der Waals surface area contributed by atoms with E-state index in [9.17, 15) is 0 Å². The minimum absolute atomic E-state index is 0.665. The van der Waals surface area contributed by atoms with E-state index in [4.69, 9.17) is 5.73 Å². The number of anilines is 2. The van der Waals surface area contributed by atoms with Gasteiger partial charge in [0.25, 0.3) is 0 Å². The van der Waals surface area contributed by atoms with E-state index in [0.717, 1.165) is 22.4 Å². The van der Waals surface area contributed by atoms with Crippen LogP contribution < -0.4 is 11.1 Å². The molecule has 1 aromatic rings. The average molecular weight is 299 g/mol. The van der Waals surface area contributed by atoms with Crippen molar-refractivity contribution in [2.45, 2.75) is 27.7 Å². The van der Waals surface area contributed by atoms with E-state index in [1.165, 1.54) is 0 Å². The van der Waals surface area contributed by atoms with Crippen LogP contribution in [0.3, 0.4) is 0 Å². The first-order chi connectivity index (χ1) is 7.91. The number of hydrogen-bond donors (Lipinski definition) is 2. The molecule has 0 heterocycles. The fourth-order valence-electron chi connectivity index (χ4n) is 2.16. The highest BCUT2D eigenvalue weighted by atomic mass is 79.9. The van der Waals surface area contributed by atoms with Crippen LogP contribution in [0.15, 0.2) is 22.7 Å². The number of nitrogens with two attached hydrogens (primary N) is 1. The number of halogens is 1. The van der Waals surface area contributed by atoms with Crippen molar-refractivity contribution in [1.29, 1.82) is 0 Å². The molecule has 0 bridgehead atoms. The van der Waals surface area contributed by atoms with Crippen molar-refractivity contribution in [3.05, 3.63) is 22.7 Å². The molecule has 1 aromatic carbocycles. The van der Waals surface area contributed by atoms with Gasteiger partial charge in [0, 0.05) is 11.0 Å². The minimum Gasteiger partial charge on any atom is -0.397 e. The highest BCUT2D eigenvalue weighted by Crippen LogP contribution is 2.25. The summed E-state index contributed by atoms with van der Waals surface area (Å²) >= 11 is 3.41. The second-order valence-electron chi connectivity index (χ2n) is 5.26. The summed E-state index contributed by atoms with van der Waals surface area (Å²) in [6.07, 6.45) is 0. The molecule has 0 aromatic heterocycles. The van der Waals surface area contributed by atoms with Crippen LogP contribution in [0.2, 0.25) is 0 Å². The molecular weight excluding hydrogens is 276 g/mol. The maximum Gasteiger partial charge on any atom is 0.0574 e. The molecular formula is C14H23BrN2. The second kappa shape index (κ2) is 6.29. The Morgan fingerprint density at radius 1 is 1.18 bits per heavy atom. The molecule has 0 radical (unpaired) electrons. The molecule has 0 saturated heterocycles. The van der Waals surface area contributed by atoms with Crippen LogP contribution in [0.5, 0.6) is 0 Å². The Hall–Kier alpha value is -0.700. The van der Waals surface area contributed by atoms with Crippen LogP contribution in [-0.4, -0.2) is 6.54 Å². The zero-order valence-electron chi connectivity index (χ0n) is 11.1. The van der Waals surface area contributed by atoms with Crippen LogP contribution in [0.1, 0.15) is 27.7 Å². The topological polar surface area (TPSA) is 38.0 Å². The van der Waals surface area contributed by atoms with Gasteiger partial charge in [0.05, 0.1) is 11.4 Å². The highest BCUT2D eigenvalue weighted by molar-refractivity contribution is 9.10. The Labute approximate surface area is 113 Å². The Kier molecular flexibility index (Phi) is 5.31. The number of benzene rings is 1. The van der Waals surface area contributed by atoms with Gasteiger partial charge in [-0.05, 0) is 36.0 Å². The lowest BCUT2D eigenvalue weighted by atomic mass is 9.85. The molecule has 3 N–H and O–H groups in total. The molecule has 0 unspecified atom stereocenters. The van der Waals surface area contributed by atoms with Crippen LogP contribution >= 0.6 is 15.9 Å². The van der Waals surface area contributed by atoms with E-state index in [2.05, 4.69) is 48.9 Å². The number of nitrogens with one attached hydrogen (secondary N) is 1. The Bertz CT molecular complexity index is 353. The number of rotatable bonds is 5. The van der Waals surface area contributed by atoms with Crippen molar-refractivity contribution < 1.29 is 0 Å². The van der Waals surface area contributed by atoms with Crippen LogP contribution in [0.25, 0.3) is 0 Å². The molecule has 0 amide bonds. The lowest BCUT2D eigenvalue weighted by molar-refractivity contribution is 0.304. The van der Waals surface area contributed by atoms with Crippen LogP contribution in [0, 0.1) is 17.8 Å². The van der Waals surface area contributed by atoms with Crippen LogP contribution in [-0.2, 0) is 0 Å². The van der Waals surface area contributed by atoms with Gasteiger partial charge in [-0.15, -0.1) is 0 Å². The van der Waals surface area contributed by atoms with E-state index in [-0.39, 0.29) is 0 Å². The van der Waals surface area contributed by atoms with Crippen molar-refractivity contribution in [3.8, 4) is 0 Å². The summed E-state index contributed by atoms with van der Waals surface area (Å²) in [7, 11) is 0. The van der Waals surface area contributed by atoms with Gasteiger partial charge in [-0.1, -0.05) is 43.6 Å². The van der Waals surface area contributed by atoms with Gasteiger partial charge in [0.2, 0.25) is 0 Å². The van der Waals surface area contributed by atoms with Crippen molar-refractivity contribution in [2.75, 3.05) is 17.6 Å². The summed E-state index contributed by atoms with van der Waals surface area (Å²) in [6.45, 7) is 10.1. The summed E-state index contributed by atoms with van der Waals surface area (Å²) in [6, 6.07) is 5.97. The first-order valence-corrected chi connectivity index (χ1v) is 7.00. The number of hydrogen-bond acceptors (Lipinski definition) is 2. The van der Waals surface area contributed by atoms with Crippen molar-refractivity contribution in [1.82, 2.24) is 0 Å². The first kappa shape index (κ1) is 14.4. The van der Waals surface area contributed by atoms with Gasteiger partial charge < -0.3 is 11.1 Å². The predicted molar refractivity (Wildman–Crippen MR) is 80.2 cm³/mol. The first-order valence-electron chi connectivity index (χ1n) is 6.20. The smallest absolute Gasteiger partial charge is 0.0574 e. The van der Waals surface area contributed by atoms with E-state index >= 15 is 0 Å². The van der Waals surface area contributed by atoms with Gasteiger partial charge in [-0.25, -0.2) is 0 Å². The highest BCUT2D eigenvalue weighted by Gasteiger charge is 2.17. The van der Waals surface area contributed by atoms with E-state index in [1.54, 1.807) is 0 Å². The third kappa shape index (κ3) is 4.23. The van der Waals surface area contributed by atoms with Crippen molar-refractivity contribution in [3.63, 3.8) is 0 Å². The molecule has 17 heavy (non-hydrogen) atoms. The molecule has 0 aliphatic heterocycles. The molecule has 0 atom stereocenters. The fraction of sp³-hybridized carbons (Fsp3) is 0.571. The van der Waals surface area contributed by atoms with Crippen molar-refractivity contribution >= 4 is 27.3 Å². The van der Waals surface area contributed by atoms with Gasteiger partial charge in [-0.2, -0.15) is 0 Å². The SMILES string of the molecule is CC(C)C(CNc1ccc(Br)cc1N)C(C)C. The Morgan fingerprint density at radius 3 is 2.24 bits per heavy atom. The minimum atomic E-state index is 0.665. The van der Waals surface area contributed by atoms with Gasteiger partial charge in [0.1, 0.15) is 0 Å². The third-order valence-corrected chi connectivity index (χ3v) is 3.75. The normalized spacial score (nSPS) is 11.5. The lowest BCUT2D eigenvalue weighted by Crippen LogP contribution is -2.24. The van der Waals surface area contributed by atoms with Gasteiger partial charge in [0.15, 0.2) is 0 Å². The Morgan fingerprint density at radius 2 is 1.76 bits per heavy atom. The maximum atomic E-state index is 5.97. The molecule has 0 spiro atoms. The zero-order chi connectivity index (χ0) is 13.0. The molecule has 96 valence electrons. The zero-order valence-corrected chi connectivity index (χ0v) is 12.7. The molecule has 1 rings (SSSR count). The van der Waals surface area contributed by atoms with Crippen molar-refractivity contribution in [2.24, 2.45) is 17.8 Å².